The summed E-state index contributed by atoms with van der Waals surface area (Å²) in [5.41, 5.74) is 0.924. The van der Waals surface area contributed by atoms with Gasteiger partial charge in [0.15, 0.2) is 0 Å². The van der Waals surface area contributed by atoms with E-state index in [-0.39, 0.29) is 35.5 Å². The van der Waals surface area contributed by atoms with Crippen LogP contribution in [0.5, 0.6) is 5.75 Å². The molecule has 0 aromatic heterocycles. The molecule has 0 heterocycles. The van der Waals surface area contributed by atoms with Crippen LogP contribution in [-0.2, 0) is 0 Å². The highest BCUT2D eigenvalue weighted by molar-refractivity contribution is 5.85. The molecule has 0 fully saturated rings. The number of hydrogen-bond donors (Lipinski definition) is 1. The van der Waals surface area contributed by atoms with E-state index in [1.165, 1.54) is 0 Å². The standard InChI is InChI=1S/C7H8O.ClH.Mg.2H/c1-6-4-2-3-5-7(6)8;;;;/h2-5,8H,1H3;1H;;;. The minimum Gasteiger partial charge on any atom is -0.508 e. The fraction of sp³-hybridized carbons (Fsp3) is 0.143. The van der Waals surface area contributed by atoms with Crippen molar-refractivity contribution in [2.45, 2.75) is 6.92 Å². The second-order valence-corrected chi connectivity index (χ2v) is 1.79. The van der Waals surface area contributed by atoms with Crippen LogP contribution in [0.25, 0.3) is 0 Å². The molecule has 0 amide bonds. The summed E-state index contributed by atoms with van der Waals surface area (Å²) < 4.78 is 0. The zero-order valence-corrected chi connectivity index (χ0v) is 5.98. The molecular weight excluding hydrogens is 160 g/mol. The highest BCUT2D eigenvalue weighted by atomic mass is 35.5. The number of phenols is 1. The Morgan fingerprint density at radius 3 is 2.00 bits per heavy atom. The molecule has 0 spiro atoms. The van der Waals surface area contributed by atoms with Crippen molar-refractivity contribution in [3.05, 3.63) is 29.8 Å². The van der Waals surface area contributed by atoms with Crippen LogP contribution in [0.15, 0.2) is 24.3 Å². The molecule has 0 aliphatic carbocycles. The molecule has 0 bridgehead atoms. The molecule has 1 N–H and O–H groups in total. The highest BCUT2D eigenvalue weighted by Crippen LogP contribution is 2.12. The van der Waals surface area contributed by atoms with Crippen LogP contribution in [0, 0.1) is 6.92 Å². The summed E-state index contributed by atoms with van der Waals surface area (Å²) in [6.45, 7) is 1.87. The van der Waals surface area contributed by atoms with E-state index in [4.69, 9.17) is 5.11 Å². The Bertz CT molecular complexity index is 170. The summed E-state index contributed by atoms with van der Waals surface area (Å²) in [4.78, 5) is 0. The van der Waals surface area contributed by atoms with Crippen LogP contribution in [0.3, 0.4) is 0 Å². The van der Waals surface area contributed by atoms with E-state index >= 15 is 0 Å². The van der Waals surface area contributed by atoms with Gasteiger partial charge in [0, 0.05) is 0 Å². The van der Waals surface area contributed by atoms with Gasteiger partial charge in [-0.25, -0.2) is 0 Å². The van der Waals surface area contributed by atoms with E-state index in [2.05, 4.69) is 0 Å². The average Bonchev–Trinajstić information content (AvgIpc) is 1.77. The van der Waals surface area contributed by atoms with Crippen LogP contribution in [0.2, 0.25) is 0 Å². The zero-order chi connectivity index (χ0) is 5.98. The van der Waals surface area contributed by atoms with Gasteiger partial charge in [0.25, 0.3) is 0 Å². The van der Waals surface area contributed by atoms with Gasteiger partial charge in [0.05, 0.1) is 0 Å². The number of aryl methyl sites for hydroxylation is 1. The van der Waals surface area contributed by atoms with Crippen molar-refractivity contribution in [2.24, 2.45) is 0 Å². The van der Waals surface area contributed by atoms with Gasteiger partial charge in [0.2, 0.25) is 0 Å². The molecular formula is C7H11ClMgO. The Morgan fingerprint density at radius 1 is 1.20 bits per heavy atom. The Balaban J connectivity index is 0. The number of para-hydroxylation sites is 1. The lowest BCUT2D eigenvalue weighted by Crippen LogP contribution is -1.68. The number of benzene rings is 1. The van der Waals surface area contributed by atoms with Gasteiger partial charge in [-0.05, 0) is 18.6 Å². The first-order valence-electron chi connectivity index (χ1n) is 2.55. The molecule has 0 aliphatic heterocycles. The lowest BCUT2D eigenvalue weighted by atomic mass is 10.2. The molecule has 0 aliphatic rings. The number of phenolic OH excluding ortho intramolecular Hbond substituents is 1. The summed E-state index contributed by atoms with van der Waals surface area (Å²) in [7, 11) is 0. The molecule has 10 heavy (non-hydrogen) atoms. The topological polar surface area (TPSA) is 20.2 Å². The predicted molar refractivity (Wildman–Crippen MR) is 48.6 cm³/mol. The summed E-state index contributed by atoms with van der Waals surface area (Å²) in [6, 6.07) is 7.25. The van der Waals surface area contributed by atoms with Crippen LogP contribution in [0.4, 0.5) is 0 Å². The molecule has 0 radical (unpaired) electrons. The molecule has 1 aromatic rings. The van der Waals surface area contributed by atoms with Crippen molar-refractivity contribution in [3.63, 3.8) is 0 Å². The maximum Gasteiger partial charge on any atom is 0.316 e. The van der Waals surface area contributed by atoms with Crippen LogP contribution in [-0.4, -0.2) is 28.2 Å². The average molecular weight is 171 g/mol. The summed E-state index contributed by atoms with van der Waals surface area (Å²) in [6.07, 6.45) is 0. The van der Waals surface area contributed by atoms with Gasteiger partial charge >= 0.3 is 23.1 Å². The van der Waals surface area contributed by atoms with E-state index in [0.717, 1.165) is 5.56 Å². The van der Waals surface area contributed by atoms with E-state index in [9.17, 15) is 0 Å². The Kier molecular flexibility index (Phi) is 7.42. The zero-order valence-electron chi connectivity index (χ0n) is 5.16. The van der Waals surface area contributed by atoms with Crippen molar-refractivity contribution >= 4 is 35.5 Å². The van der Waals surface area contributed by atoms with Crippen LogP contribution >= 0.6 is 12.4 Å². The Labute approximate surface area is 83.0 Å². The maximum atomic E-state index is 8.92. The van der Waals surface area contributed by atoms with Crippen molar-refractivity contribution in [3.8, 4) is 5.75 Å². The lowest BCUT2D eigenvalue weighted by Gasteiger charge is -1.92. The number of aromatic hydroxyl groups is 1. The summed E-state index contributed by atoms with van der Waals surface area (Å²) in [5, 5.41) is 8.92. The van der Waals surface area contributed by atoms with Gasteiger partial charge in [-0.1, -0.05) is 18.2 Å². The fourth-order valence-electron chi connectivity index (χ4n) is 0.563. The lowest BCUT2D eigenvalue weighted by molar-refractivity contribution is 0.471. The molecule has 0 saturated heterocycles. The third-order valence-corrected chi connectivity index (χ3v) is 1.12. The number of rotatable bonds is 0. The van der Waals surface area contributed by atoms with Gasteiger partial charge in [-0.2, -0.15) is 0 Å². The van der Waals surface area contributed by atoms with Crippen molar-refractivity contribution < 1.29 is 5.11 Å². The molecule has 1 nitrogen and oxygen atoms in total. The van der Waals surface area contributed by atoms with Crippen molar-refractivity contribution in [1.29, 1.82) is 0 Å². The third-order valence-electron chi connectivity index (χ3n) is 1.12. The molecule has 0 atom stereocenters. The molecule has 0 saturated carbocycles. The Hall–Kier alpha value is 0.0762. The van der Waals surface area contributed by atoms with E-state index in [0.29, 0.717) is 5.75 Å². The number of hydrogen-bond acceptors (Lipinski definition) is 1. The van der Waals surface area contributed by atoms with Crippen molar-refractivity contribution in [2.75, 3.05) is 0 Å². The second-order valence-electron chi connectivity index (χ2n) is 1.79. The molecule has 54 valence electrons. The summed E-state index contributed by atoms with van der Waals surface area (Å²) in [5.74, 6) is 0.368. The Morgan fingerprint density at radius 2 is 1.70 bits per heavy atom. The predicted octanol–water partition coefficient (Wildman–Crippen LogP) is 1.21. The first-order chi connectivity index (χ1) is 3.80. The first-order valence-corrected chi connectivity index (χ1v) is 2.55. The second kappa shape index (κ2) is 5.83. The van der Waals surface area contributed by atoms with E-state index < -0.39 is 0 Å². The SMILES string of the molecule is Cc1ccccc1O.Cl.[MgH2]. The minimum absolute atomic E-state index is 0. The van der Waals surface area contributed by atoms with Gasteiger partial charge in [0.1, 0.15) is 5.75 Å². The fourth-order valence-corrected chi connectivity index (χ4v) is 0.563. The van der Waals surface area contributed by atoms with Gasteiger partial charge in [-0.3, -0.25) is 0 Å². The molecule has 0 unspecified atom stereocenters. The normalized spacial score (nSPS) is 7.30. The van der Waals surface area contributed by atoms with E-state index in [1.54, 1.807) is 6.07 Å². The number of halogens is 1. The molecule has 3 heteroatoms. The maximum absolute atomic E-state index is 8.92. The highest BCUT2D eigenvalue weighted by Gasteiger charge is 1.86. The minimum atomic E-state index is 0. The largest absolute Gasteiger partial charge is 0.508 e. The first kappa shape index (κ1) is 12.7. The quantitative estimate of drug-likeness (QED) is 0.581. The smallest absolute Gasteiger partial charge is 0.316 e. The summed E-state index contributed by atoms with van der Waals surface area (Å²) >= 11 is 0. The van der Waals surface area contributed by atoms with Gasteiger partial charge < -0.3 is 5.11 Å². The van der Waals surface area contributed by atoms with Crippen molar-refractivity contribution in [1.82, 2.24) is 0 Å². The van der Waals surface area contributed by atoms with Gasteiger partial charge in [-0.15, -0.1) is 12.4 Å². The third kappa shape index (κ3) is 3.30. The van der Waals surface area contributed by atoms with E-state index in [1.807, 2.05) is 25.1 Å². The monoisotopic (exact) mass is 170 g/mol. The molecule has 1 rings (SSSR count). The van der Waals surface area contributed by atoms with Crippen LogP contribution < -0.4 is 0 Å². The van der Waals surface area contributed by atoms with Crippen LogP contribution in [0.1, 0.15) is 5.56 Å². The molecule has 1 aromatic carbocycles.